The molecule has 2 amide bonds. The molecule has 1 unspecified atom stereocenters. The number of anilines is 1. The van der Waals surface area contributed by atoms with Gasteiger partial charge in [0.2, 0.25) is 0 Å². The van der Waals surface area contributed by atoms with Crippen molar-refractivity contribution in [1.82, 2.24) is 9.88 Å². The number of pyridine rings is 1. The van der Waals surface area contributed by atoms with Crippen LogP contribution in [0, 0.1) is 0 Å². The maximum Gasteiger partial charge on any atom is 0.261 e. The van der Waals surface area contributed by atoms with Crippen LogP contribution in [0.15, 0.2) is 82.7 Å². The lowest BCUT2D eigenvalue weighted by Gasteiger charge is -2.20. The fourth-order valence-corrected chi connectivity index (χ4v) is 5.69. The average Bonchev–Trinajstić information content (AvgIpc) is 3.19. The number of fused-ring (bicyclic) bond motifs is 2. The summed E-state index contributed by atoms with van der Waals surface area (Å²) in [5, 5.41) is 4.57. The van der Waals surface area contributed by atoms with Crippen LogP contribution in [-0.2, 0) is 0 Å². The SMILES string of the molecule is COc1ccc(Sc2c(OC)cc(NC(C)CCCN3C(=O)c4ccccc4C3=O)c3ncccc23)cc1. The van der Waals surface area contributed by atoms with E-state index in [1.54, 1.807) is 56.4 Å². The summed E-state index contributed by atoms with van der Waals surface area (Å²) in [5.74, 6) is 1.14. The molecule has 0 spiro atoms. The third-order valence-corrected chi connectivity index (χ3v) is 7.74. The second-order valence-corrected chi connectivity index (χ2v) is 10.2. The normalized spacial score (nSPS) is 13.5. The van der Waals surface area contributed by atoms with E-state index in [0.29, 0.717) is 24.1 Å². The lowest BCUT2D eigenvalue weighted by atomic mass is 10.1. The van der Waals surface area contributed by atoms with Gasteiger partial charge in [0.1, 0.15) is 11.5 Å². The van der Waals surface area contributed by atoms with Crippen molar-refractivity contribution in [2.75, 3.05) is 26.1 Å². The number of hydrogen-bond donors (Lipinski definition) is 1. The Balaban J connectivity index is 1.30. The van der Waals surface area contributed by atoms with Crippen LogP contribution >= 0.6 is 11.8 Å². The average molecular weight is 528 g/mol. The van der Waals surface area contributed by atoms with Gasteiger partial charge in [-0.25, -0.2) is 0 Å². The van der Waals surface area contributed by atoms with Crippen LogP contribution in [0.5, 0.6) is 11.5 Å². The van der Waals surface area contributed by atoms with Crippen molar-refractivity contribution in [3.8, 4) is 11.5 Å². The minimum absolute atomic E-state index is 0.0835. The Bertz CT molecular complexity index is 1450. The maximum absolute atomic E-state index is 12.6. The highest BCUT2D eigenvalue weighted by Gasteiger charge is 2.34. The van der Waals surface area contributed by atoms with E-state index in [1.807, 2.05) is 36.4 Å². The standard InChI is InChI=1S/C30H29N3O4S/c1-19(8-7-17-33-29(34)22-9-4-5-10-23(22)30(33)35)32-25-18-26(37-3)28(24-11-6-16-31-27(24)25)38-21-14-12-20(36-2)13-15-21/h4-6,9-16,18-19,32H,7-8,17H2,1-3H3. The van der Waals surface area contributed by atoms with Crippen molar-refractivity contribution in [2.24, 2.45) is 0 Å². The van der Waals surface area contributed by atoms with E-state index < -0.39 is 0 Å². The number of methoxy groups -OCH3 is 2. The Morgan fingerprint density at radius 2 is 1.66 bits per heavy atom. The number of amides is 2. The van der Waals surface area contributed by atoms with E-state index in [-0.39, 0.29) is 17.9 Å². The monoisotopic (exact) mass is 527 g/mol. The van der Waals surface area contributed by atoms with E-state index in [4.69, 9.17) is 9.47 Å². The molecule has 194 valence electrons. The summed E-state index contributed by atoms with van der Waals surface area (Å²) < 4.78 is 11.1. The van der Waals surface area contributed by atoms with Gasteiger partial charge in [-0.2, -0.15) is 0 Å². The molecule has 4 aromatic rings. The first kappa shape index (κ1) is 25.6. The van der Waals surface area contributed by atoms with Gasteiger partial charge in [-0.05, 0) is 68.3 Å². The zero-order valence-corrected chi connectivity index (χ0v) is 22.4. The first-order chi connectivity index (χ1) is 18.5. The number of imide groups is 1. The Hall–Kier alpha value is -4.04. The van der Waals surface area contributed by atoms with E-state index in [9.17, 15) is 9.59 Å². The number of nitrogens with zero attached hydrogens (tertiary/aromatic N) is 2. The fraction of sp³-hybridized carbons (Fsp3) is 0.233. The highest BCUT2D eigenvalue weighted by Crippen LogP contribution is 2.43. The van der Waals surface area contributed by atoms with Crippen molar-refractivity contribution >= 4 is 40.2 Å². The lowest BCUT2D eigenvalue weighted by molar-refractivity contribution is 0.0651. The fourth-order valence-electron chi connectivity index (χ4n) is 4.66. The molecule has 0 aliphatic carbocycles. The first-order valence-electron chi connectivity index (χ1n) is 12.5. The van der Waals surface area contributed by atoms with Crippen LogP contribution in [0.25, 0.3) is 10.9 Å². The number of carbonyl (C=O) groups is 2. The summed E-state index contributed by atoms with van der Waals surface area (Å²) >= 11 is 1.62. The molecule has 5 rings (SSSR count). The van der Waals surface area contributed by atoms with Gasteiger partial charge < -0.3 is 14.8 Å². The zero-order chi connectivity index (χ0) is 26.6. The van der Waals surface area contributed by atoms with Gasteiger partial charge in [-0.3, -0.25) is 19.5 Å². The largest absolute Gasteiger partial charge is 0.497 e. The molecule has 2 heterocycles. The molecule has 0 bridgehead atoms. The number of hydrogen-bond acceptors (Lipinski definition) is 7. The Labute approximate surface area is 226 Å². The number of carbonyl (C=O) groups excluding carboxylic acids is 2. The molecule has 1 aliphatic heterocycles. The molecule has 8 heteroatoms. The van der Waals surface area contributed by atoms with Crippen molar-refractivity contribution < 1.29 is 19.1 Å². The van der Waals surface area contributed by atoms with Crippen molar-refractivity contribution in [3.63, 3.8) is 0 Å². The van der Waals surface area contributed by atoms with Gasteiger partial charge in [-0.15, -0.1) is 0 Å². The van der Waals surface area contributed by atoms with Crippen LogP contribution < -0.4 is 14.8 Å². The van der Waals surface area contributed by atoms with Crippen molar-refractivity contribution in [3.05, 3.63) is 84.1 Å². The summed E-state index contributed by atoms with van der Waals surface area (Å²) in [5.41, 5.74) is 2.71. The smallest absolute Gasteiger partial charge is 0.261 e. The summed E-state index contributed by atoms with van der Waals surface area (Å²) in [6.07, 6.45) is 3.24. The van der Waals surface area contributed by atoms with Gasteiger partial charge in [0.25, 0.3) is 11.8 Å². The molecule has 1 atom stereocenters. The molecule has 0 saturated heterocycles. The van der Waals surface area contributed by atoms with Crippen LogP contribution in [0.1, 0.15) is 40.5 Å². The number of ether oxygens (including phenoxy) is 2. The van der Waals surface area contributed by atoms with Gasteiger partial charge >= 0.3 is 0 Å². The molecule has 1 aromatic heterocycles. The van der Waals surface area contributed by atoms with Crippen LogP contribution in [-0.4, -0.2) is 48.5 Å². The molecule has 0 radical (unpaired) electrons. The van der Waals surface area contributed by atoms with E-state index in [2.05, 4.69) is 23.3 Å². The Morgan fingerprint density at radius 3 is 2.32 bits per heavy atom. The Morgan fingerprint density at radius 1 is 0.947 bits per heavy atom. The second kappa shape index (κ2) is 11.1. The van der Waals surface area contributed by atoms with E-state index in [1.165, 1.54) is 4.90 Å². The minimum Gasteiger partial charge on any atom is -0.497 e. The van der Waals surface area contributed by atoms with Gasteiger partial charge in [0, 0.05) is 35.1 Å². The predicted molar refractivity (Wildman–Crippen MR) is 150 cm³/mol. The van der Waals surface area contributed by atoms with Gasteiger partial charge in [-0.1, -0.05) is 23.9 Å². The Kier molecular flexibility index (Phi) is 7.51. The second-order valence-electron chi connectivity index (χ2n) is 9.13. The van der Waals surface area contributed by atoms with Crippen molar-refractivity contribution in [2.45, 2.75) is 35.6 Å². The predicted octanol–water partition coefficient (Wildman–Crippen LogP) is 6.28. The number of benzene rings is 3. The van der Waals surface area contributed by atoms with Crippen LogP contribution in [0.4, 0.5) is 5.69 Å². The summed E-state index contributed by atoms with van der Waals surface area (Å²) in [4.78, 5) is 33.4. The summed E-state index contributed by atoms with van der Waals surface area (Å²) in [7, 11) is 3.33. The van der Waals surface area contributed by atoms with Gasteiger partial charge in [0.15, 0.2) is 0 Å². The molecule has 7 nitrogen and oxygen atoms in total. The molecule has 1 aliphatic rings. The molecule has 38 heavy (non-hydrogen) atoms. The highest BCUT2D eigenvalue weighted by atomic mass is 32.2. The lowest BCUT2D eigenvalue weighted by Crippen LogP contribution is -2.31. The molecule has 3 aromatic carbocycles. The third-order valence-electron chi connectivity index (χ3n) is 6.60. The number of rotatable bonds is 10. The molecular weight excluding hydrogens is 498 g/mol. The van der Waals surface area contributed by atoms with Gasteiger partial charge in [0.05, 0.1) is 41.4 Å². The summed E-state index contributed by atoms with van der Waals surface area (Å²) in [6.45, 7) is 2.47. The molecular formula is C30H29N3O4S. The summed E-state index contributed by atoms with van der Waals surface area (Å²) in [6, 6.07) is 21.0. The zero-order valence-electron chi connectivity index (χ0n) is 21.6. The minimum atomic E-state index is -0.212. The molecule has 1 N–H and O–H groups in total. The number of nitrogens with one attached hydrogen (secondary N) is 1. The van der Waals surface area contributed by atoms with Crippen LogP contribution in [0.3, 0.4) is 0 Å². The third kappa shape index (κ3) is 5.04. The van der Waals surface area contributed by atoms with E-state index >= 15 is 0 Å². The van der Waals surface area contributed by atoms with Crippen LogP contribution in [0.2, 0.25) is 0 Å². The number of aromatic nitrogens is 1. The molecule has 0 fully saturated rings. The van der Waals surface area contributed by atoms with E-state index in [0.717, 1.165) is 44.3 Å². The maximum atomic E-state index is 12.6. The highest BCUT2D eigenvalue weighted by molar-refractivity contribution is 7.99. The first-order valence-corrected chi connectivity index (χ1v) is 13.3. The topological polar surface area (TPSA) is 80.8 Å². The molecule has 0 saturated carbocycles. The quantitative estimate of drug-likeness (QED) is 0.243. The van der Waals surface area contributed by atoms with Crippen molar-refractivity contribution in [1.29, 1.82) is 0 Å².